The number of anilines is 1. The average Bonchev–Trinajstić information content (AvgIpc) is 3.09. The molecule has 0 unspecified atom stereocenters. The van der Waals surface area contributed by atoms with Crippen molar-refractivity contribution < 1.29 is 9.72 Å². The summed E-state index contributed by atoms with van der Waals surface area (Å²) in [6.07, 6.45) is 10.4. The summed E-state index contributed by atoms with van der Waals surface area (Å²) < 4.78 is 1.89. The number of nitro groups is 1. The van der Waals surface area contributed by atoms with Crippen LogP contribution < -0.4 is 5.32 Å². The molecule has 1 fully saturated rings. The second-order valence-corrected chi connectivity index (χ2v) is 6.13. The molecule has 0 saturated heterocycles. The molecule has 1 saturated carbocycles. The Labute approximate surface area is 145 Å². The van der Waals surface area contributed by atoms with E-state index >= 15 is 0 Å². The van der Waals surface area contributed by atoms with Crippen molar-refractivity contribution in [2.45, 2.75) is 38.1 Å². The van der Waals surface area contributed by atoms with Crippen LogP contribution in [0, 0.1) is 10.1 Å². The standard InChI is InChI=1S/C18H20N4O3/c23-18(10-9-14-5-4-8-16(13-14)22(24)25)20-17-11-12-19-21(17)15-6-2-1-3-7-15/h4-5,8-13,15H,1-3,6-7H2,(H,20,23). The van der Waals surface area contributed by atoms with Crippen molar-refractivity contribution >= 4 is 23.5 Å². The quantitative estimate of drug-likeness (QED) is 0.507. The van der Waals surface area contributed by atoms with Gasteiger partial charge in [0.25, 0.3) is 5.69 Å². The van der Waals surface area contributed by atoms with Crippen LogP contribution in [0.25, 0.3) is 6.08 Å². The van der Waals surface area contributed by atoms with E-state index in [1.54, 1.807) is 30.5 Å². The lowest BCUT2D eigenvalue weighted by Gasteiger charge is -2.23. The molecule has 1 N–H and O–H groups in total. The third-order valence-electron chi connectivity index (χ3n) is 4.35. The summed E-state index contributed by atoms with van der Waals surface area (Å²) in [5, 5.41) is 18.0. The van der Waals surface area contributed by atoms with E-state index in [-0.39, 0.29) is 11.6 Å². The van der Waals surface area contributed by atoms with Crippen molar-refractivity contribution in [2.24, 2.45) is 0 Å². The molecule has 1 amide bonds. The van der Waals surface area contributed by atoms with Gasteiger partial charge < -0.3 is 5.32 Å². The highest BCUT2D eigenvalue weighted by molar-refractivity contribution is 6.01. The van der Waals surface area contributed by atoms with Crippen molar-refractivity contribution in [3.63, 3.8) is 0 Å². The number of aromatic nitrogens is 2. The molecule has 2 aromatic rings. The van der Waals surface area contributed by atoms with Crippen molar-refractivity contribution in [3.8, 4) is 0 Å². The van der Waals surface area contributed by atoms with Crippen LogP contribution in [0.4, 0.5) is 11.5 Å². The molecule has 1 aromatic heterocycles. The molecule has 0 bridgehead atoms. The first kappa shape index (κ1) is 16.9. The SMILES string of the molecule is O=C(C=Cc1cccc([N+](=O)[O-])c1)Nc1ccnn1C1CCCCC1. The highest BCUT2D eigenvalue weighted by Gasteiger charge is 2.18. The minimum absolute atomic E-state index is 0.00191. The first-order chi connectivity index (χ1) is 12.1. The van der Waals surface area contributed by atoms with Gasteiger partial charge in [0.1, 0.15) is 5.82 Å². The zero-order valence-corrected chi connectivity index (χ0v) is 13.8. The number of hydrogen-bond donors (Lipinski definition) is 1. The second kappa shape index (κ2) is 7.74. The number of amides is 1. The smallest absolute Gasteiger partial charge is 0.270 e. The van der Waals surface area contributed by atoms with Crippen LogP contribution in [-0.2, 0) is 4.79 Å². The molecule has 1 heterocycles. The summed E-state index contributed by atoms with van der Waals surface area (Å²) in [4.78, 5) is 22.5. The number of benzene rings is 1. The first-order valence-corrected chi connectivity index (χ1v) is 8.40. The fourth-order valence-electron chi connectivity index (χ4n) is 3.11. The van der Waals surface area contributed by atoms with Crippen molar-refractivity contribution in [1.29, 1.82) is 0 Å². The first-order valence-electron chi connectivity index (χ1n) is 8.40. The molecule has 0 radical (unpaired) electrons. The van der Waals surface area contributed by atoms with Crippen LogP contribution in [-0.4, -0.2) is 20.6 Å². The van der Waals surface area contributed by atoms with Gasteiger partial charge in [0.05, 0.1) is 17.2 Å². The number of nitro benzene ring substituents is 1. The molecular weight excluding hydrogens is 320 g/mol. The molecule has 0 atom stereocenters. The Morgan fingerprint density at radius 1 is 1.28 bits per heavy atom. The van der Waals surface area contributed by atoms with E-state index < -0.39 is 4.92 Å². The lowest BCUT2D eigenvalue weighted by molar-refractivity contribution is -0.384. The number of carbonyl (C=O) groups excluding carboxylic acids is 1. The maximum Gasteiger partial charge on any atom is 0.270 e. The van der Waals surface area contributed by atoms with Crippen molar-refractivity contribution in [2.75, 3.05) is 5.32 Å². The van der Waals surface area contributed by atoms with Crippen LogP contribution in [0.1, 0.15) is 43.7 Å². The van der Waals surface area contributed by atoms with Gasteiger partial charge in [-0.25, -0.2) is 4.68 Å². The average molecular weight is 340 g/mol. The van der Waals surface area contributed by atoms with Gasteiger partial charge in [-0.05, 0) is 24.5 Å². The summed E-state index contributed by atoms with van der Waals surface area (Å²) in [6, 6.07) is 8.26. The van der Waals surface area contributed by atoms with E-state index in [2.05, 4.69) is 10.4 Å². The Hall–Kier alpha value is -2.96. The number of nitrogens with zero attached hydrogens (tertiary/aromatic N) is 3. The Balaban J connectivity index is 1.66. The van der Waals surface area contributed by atoms with E-state index in [4.69, 9.17) is 0 Å². The number of nitrogens with one attached hydrogen (secondary N) is 1. The third kappa shape index (κ3) is 4.32. The molecule has 25 heavy (non-hydrogen) atoms. The van der Waals surface area contributed by atoms with E-state index in [0.717, 1.165) is 12.8 Å². The Bertz CT molecular complexity index is 791. The summed E-state index contributed by atoms with van der Waals surface area (Å²) >= 11 is 0. The van der Waals surface area contributed by atoms with Crippen molar-refractivity contribution in [3.05, 3.63) is 58.3 Å². The summed E-state index contributed by atoms with van der Waals surface area (Å²) in [7, 11) is 0. The molecule has 3 rings (SSSR count). The van der Waals surface area contributed by atoms with Crippen LogP contribution in [0.5, 0.6) is 0 Å². The van der Waals surface area contributed by atoms with Crippen molar-refractivity contribution in [1.82, 2.24) is 9.78 Å². The molecule has 1 aromatic carbocycles. The van der Waals surface area contributed by atoms with Gasteiger partial charge in [-0.3, -0.25) is 14.9 Å². The highest BCUT2D eigenvalue weighted by atomic mass is 16.6. The van der Waals surface area contributed by atoms with Gasteiger partial charge in [0.2, 0.25) is 5.91 Å². The third-order valence-corrected chi connectivity index (χ3v) is 4.35. The van der Waals surface area contributed by atoms with E-state index in [1.165, 1.54) is 37.5 Å². The largest absolute Gasteiger partial charge is 0.307 e. The van der Waals surface area contributed by atoms with Gasteiger partial charge in [-0.1, -0.05) is 31.4 Å². The second-order valence-electron chi connectivity index (χ2n) is 6.13. The molecule has 0 aliphatic heterocycles. The van der Waals surface area contributed by atoms with Crippen LogP contribution in [0.3, 0.4) is 0 Å². The predicted octanol–water partition coefficient (Wildman–Crippen LogP) is 3.95. The minimum atomic E-state index is -0.458. The molecule has 0 spiro atoms. The van der Waals surface area contributed by atoms with Gasteiger partial charge in [0, 0.05) is 24.3 Å². The van der Waals surface area contributed by atoms with E-state index in [1.807, 2.05) is 4.68 Å². The number of non-ortho nitro benzene ring substituents is 1. The van der Waals surface area contributed by atoms with Crippen LogP contribution >= 0.6 is 0 Å². The maximum absolute atomic E-state index is 12.2. The molecule has 130 valence electrons. The lowest BCUT2D eigenvalue weighted by Crippen LogP contribution is -2.19. The lowest BCUT2D eigenvalue weighted by atomic mass is 9.96. The zero-order chi connectivity index (χ0) is 17.6. The number of hydrogen-bond acceptors (Lipinski definition) is 4. The van der Waals surface area contributed by atoms with Crippen LogP contribution in [0.15, 0.2) is 42.6 Å². The molecular formula is C18H20N4O3. The minimum Gasteiger partial charge on any atom is -0.307 e. The van der Waals surface area contributed by atoms with Gasteiger partial charge in [0.15, 0.2) is 0 Å². The topological polar surface area (TPSA) is 90.1 Å². The summed E-state index contributed by atoms with van der Waals surface area (Å²) in [5.74, 6) is 0.393. The predicted molar refractivity (Wildman–Crippen MR) is 95.1 cm³/mol. The molecule has 7 nitrogen and oxygen atoms in total. The highest BCUT2D eigenvalue weighted by Crippen LogP contribution is 2.29. The molecule has 7 heteroatoms. The van der Waals surface area contributed by atoms with Gasteiger partial charge in [-0.15, -0.1) is 0 Å². The summed E-state index contributed by atoms with van der Waals surface area (Å²) in [5.41, 5.74) is 0.600. The Morgan fingerprint density at radius 3 is 2.84 bits per heavy atom. The monoisotopic (exact) mass is 340 g/mol. The van der Waals surface area contributed by atoms with Gasteiger partial charge in [-0.2, -0.15) is 5.10 Å². The fraction of sp³-hybridized carbons (Fsp3) is 0.333. The summed E-state index contributed by atoms with van der Waals surface area (Å²) in [6.45, 7) is 0. The van der Waals surface area contributed by atoms with Crippen LogP contribution in [0.2, 0.25) is 0 Å². The zero-order valence-electron chi connectivity index (χ0n) is 13.8. The van der Waals surface area contributed by atoms with E-state index in [9.17, 15) is 14.9 Å². The fourth-order valence-corrected chi connectivity index (χ4v) is 3.11. The molecule has 1 aliphatic carbocycles. The van der Waals surface area contributed by atoms with E-state index in [0.29, 0.717) is 17.4 Å². The Kier molecular flexibility index (Phi) is 5.23. The number of carbonyl (C=O) groups is 1. The normalized spacial score (nSPS) is 15.4. The Morgan fingerprint density at radius 2 is 2.08 bits per heavy atom. The molecule has 1 aliphatic rings. The van der Waals surface area contributed by atoms with Gasteiger partial charge >= 0.3 is 0 Å². The number of rotatable bonds is 5. The maximum atomic E-state index is 12.2.